The second kappa shape index (κ2) is 6.35. The van der Waals surface area contributed by atoms with Gasteiger partial charge in [0.15, 0.2) is 0 Å². The van der Waals surface area contributed by atoms with Gasteiger partial charge in [-0.3, -0.25) is 0 Å². The van der Waals surface area contributed by atoms with Crippen LogP contribution in [0.2, 0.25) is 0 Å². The molecule has 0 saturated carbocycles. The third kappa shape index (κ3) is 3.12. The van der Waals surface area contributed by atoms with E-state index >= 15 is 0 Å². The Balaban J connectivity index is 2.10. The first-order valence-corrected chi connectivity index (χ1v) is 7.21. The number of aryl methyl sites for hydroxylation is 1. The molecule has 1 N–H and O–H groups in total. The minimum atomic E-state index is 0.187. The molecule has 1 saturated heterocycles. The van der Waals surface area contributed by atoms with Crippen molar-refractivity contribution in [3.8, 4) is 0 Å². The first-order chi connectivity index (χ1) is 8.74. The first kappa shape index (κ1) is 13.6. The topological polar surface area (TPSA) is 21.3 Å². The van der Waals surface area contributed by atoms with Crippen molar-refractivity contribution in [1.82, 2.24) is 5.32 Å². The molecule has 0 aromatic heterocycles. The van der Waals surface area contributed by atoms with Gasteiger partial charge in [0.25, 0.3) is 0 Å². The second-order valence-electron chi connectivity index (χ2n) is 5.24. The lowest BCUT2D eigenvalue weighted by atomic mass is 10.0. The number of ether oxygens (including phenoxy) is 1. The van der Waals surface area contributed by atoms with Crippen molar-refractivity contribution in [2.75, 3.05) is 6.61 Å². The van der Waals surface area contributed by atoms with E-state index in [1.54, 1.807) is 0 Å². The first-order valence-electron chi connectivity index (χ1n) is 7.21. The molecule has 100 valence electrons. The van der Waals surface area contributed by atoms with Crippen LogP contribution in [0, 0.1) is 0 Å². The van der Waals surface area contributed by atoms with Crippen molar-refractivity contribution >= 4 is 0 Å². The van der Waals surface area contributed by atoms with E-state index in [9.17, 15) is 0 Å². The van der Waals surface area contributed by atoms with Crippen LogP contribution in [0.5, 0.6) is 0 Å². The molecule has 1 aliphatic heterocycles. The van der Waals surface area contributed by atoms with Crippen LogP contribution in [0.1, 0.15) is 50.8 Å². The molecule has 0 bridgehead atoms. The average Bonchev–Trinajstić information content (AvgIpc) is 2.60. The molecule has 2 nitrogen and oxygen atoms in total. The van der Waals surface area contributed by atoms with E-state index in [2.05, 4.69) is 50.4 Å². The van der Waals surface area contributed by atoms with Gasteiger partial charge in [-0.15, -0.1) is 0 Å². The molecule has 0 spiro atoms. The van der Waals surface area contributed by atoms with E-state index in [-0.39, 0.29) is 6.10 Å². The number of hydrogen-bond donors (Lipinski definition) is 1. The predicted molar refractivity (Wildman–Crippen MR) is 75.8 cm³/mol. The Bertz CT molecular complexity index is 360. The largest absolute Gasteiger partial charge is 0.372 e. The van der Waals surface area contributed by atoms with E-state index in [0.29, 0.717) is 12.1 Å². The lowest BCUT2D eigenvalue weighted by Crippen LogP contribution is -2.37. The highest BCUT2D eigenvalue weighted by Crippen LogP contribution is 2.25. The molecule has 0 aliphatic carbocycles. The van der Waals surface area contributed by atoms with Crippen LogP contribution < -0.4 is 5.32 Å². The van der Waals surface area contributed by atoms with Crippen molar-refractivity contribution in [2.24, 2.45) is 0 Å². The summed E-state index contributed by atoms with van der Waals surface area (Å²) in [5.74, 6) is 0. The number of benzene rings is 1. The summed E-state index contributed by atoms with van der Waals surface area (Å²) >= 11 is 0. The van der Waals surface area contributed by atoms with Gasteiger partial charge >= 0.3 is 0 Å². The standard InChI is InChI=1S/C16H25NO/c1-4-13-6-8-14(9-7-13)16-12(3)17-15(5-2)10-11-18-16/h6-9,12,15-17H,4-5,10-11H2,1-3H3. The molecule has 0 amide bonds. The molecule has 2 rings (SSSR count). The summed E-state index contributed by atoms with van der Waals surface area (Å²) in [5, 5.41) is 3.68. The van der Waals surface area contributed by atoms with Crippen molar-refractivity contribution in [3.05, 3.63) is 35.4 Å². The minimum absolute atomic E-state index is 0.187. The van der Waals surface area contributed by atoms with E-state index < -0.39 is 0 Å². The quantitative estimate of drug-likeness (QED) is 0.883. The van der Waals surface area contributed by atoms with Crippen LogP contribution >= 0.6 is 0 Å². The zero-order valence-corrected chi connectivity index (χ0v) is 11.8. The van der Waals surface area contributed by atoms with Crippen LogP contribution in [0.25, 0.3) is 0 Å². The molecular formula is C16H25NO. The third-order valence-electron chi connectivity index (χ3n) is 3.93. The van der Waals surface area contributed by atoms with Gasteiger partial charge in [-0.05, 0) is 37.3 Å². The summed E-state index contributed by atoms with van der Waals surface area (Å²) in [4.78, 5) is 0. The lowest BCUT2D eigenvalue weighted by Gasteiger charge is -2.24. The molecule has 3 atom stereocenters. The molecule has 3 unspecified atom stereocenters. The van der Waals surface area contributed by atoms with Crippen LogP contribution in [-0.2, 0) is 11.2 Å². The minimum Gasteiger partial charge on any atom is -0.372 e. The van der Waals surface area contributed by atoms with E-state index in [0.717, 1.165) is 19.4 Å². The fourth-order valence-corrected chi connectivity index (χ4v) is 2.67. The molecule has 1 heterocycles. The maximum absolute atomic E-state index is 6.04. The van der Waals surface area contributed by atoms with Gasteiger partial charge in [-0.1, -0.05) is 38.1 Å². The van der Waals surface area contributed by atoms with E-state index in [4.69, 9.17) is 4.74 Å². The number of rotatable bonds is 3. The lowest BCUT2D eigenvalue weighted by molar-refractivity contribution is 0.0461. The monoisotopic (exact) mass is 247 g/mol. The Morgan fingerprint density at radius 2 is 1.94 bits per heavy atom. The summed E-state index contributed by atoms with van der Waals surface area (Å²) in [6.45, 7) is 7.51. The van der Waals surface area contributed by atoms with Crippen LogP contribution in [0.15, 0.2) is 24.3 Å². The normalized spacial score (nSPS) is 28.9. The number of nitrogens with one attached hydrogen (secondary N) is 1. The maximum atomic E-state index is 6.04. The van der Waals surface area contributed by atoms with Gasteiger partial charge in [0.1, 0.15) is 0 Å². The second-order valence-corrected chi connectivity index (χ2v) is 5.24. The molecule has 18 heavy (non-hydrogen) atoms. The predicted octanol–water partition coefficient (Wildman–Crippen LogP) is 3.47. The van der Waals surface area contributed by atoms with Crippen LogP contribution in [0.4, 0.5) is 0 Å². The van der Waals surface area contributed by atoms with Crippen molar-refractivity contribution in [2.45, 2.75) is 58.2 Å². The highest BCUT2D eigenvalue weighted by molar-refractivity contribution is 5.25. The van der Waals surface area contributed by atoms with Gasteiger partial charge in [0, 0.05) is 18.7 Å². The molecule has 1 aromatic rings. The van der Waals surface area contributed by atoms with E-state index in [1.165, 1.54) is 17.5 Å². The molecule has 2 heteroatoms. The Morgan fingerprint density at radius 1 is 1.22 bits per heavy atom. The van der Waals surface area contributed by atoms with Gasteiger partial charge in [-0.25, -0.2) is 0 Å². The van der Waals surface area contributed by atoms with Gasteiger partial charge in [-0.2, -0.15) is 0 Å². The smallest absolute Gasteiger partial charge is 0.0975 e. The van der Waals surface area contributed by atoms with Crippen molar-refractivity contribution in [3.63, 3.8) is 0 Å². The highest BCUT2D eigenvalue weighted by Gasteiger charge is 2.25. The summed E-state index contributed by atoms with van der Waals surface area (Å²) in [6.07, 6.45) is 3.57. The summed E-state index contributed by atoms with van der Waals surface area (Å²) in [5.41, 5.74) is 2.68. The van der Waals surface area contributed by atoms with Crippen LogP contribution in [-0.4, -0.2) is 18.7 Å². The van der Waals surface area contributed by atoms with Gasteiger partial charge in [0.05, 0.1) is 6.10 Å². The fraction of sp³-hybridized carbons (Fsp3) is 0.625. The molecule has 1 aliphatic rings. The molecular weight excluding hydrogens is 222 g/mol. The highest BCUT2D eigenvalue weighted by atomic mass is 16.5. The van der Waals surface area contributed by atoms with Crippen LogP contribution in [0.3, 0.4) is 0 Å². The van der Waals surface area contributed by atoms with Crippen molar-refractivity contribution < 1.29 is 4.74 Å². The molecule has 1 aromatic carbocycles. The summed E-state index contributed by atoms with van der Waals surface area (Å²) < 4.78 is 6.04. The maximum Gasteiger partial charge on any atom is 0.0975 e. The third-order valence-corrected chi connectivity index (χ3v) is 3.93. The Kier molecular flexibility index (Phi) is 4.79. The van der Waals surface area contributed by atoms with E-state index in [1.807, 2.05) is 0 Å². The fourth-order valence-electron chi connectivity index (χ4n) is 2.67. The molecule has 1 fully saturated rings. The zero-order valence-electron chi connectivity index (χ0n) is 11.8. The Morgan fingerprint density at radius 3 is 2.56 bits per heavy atom. The Labute approximate surface area is 111 Å². The zero-order chi connectivity index (χ0) is 13.0. The summed E-state index contributed by atoms with van der Waals surface area (Å²) in [7, 11) is 0. The molecule has 0 radical (unpaired) electrons. The van der Waals surface area contributed by atoms with Crippen molar-refractivity contribution in [1.29, 1.82) is 0 Å². The SMILES string of the molecule is CCc1ccc(C2OCCC(CC)NC2C)cc1. The van der Waals surface area contributed by atoms with Gasteiger partial charge < -0.3 is 10.1 Å². The average molecular weight is 247 g/mol. The number of hydrogen-bond acceptors (Lipinski definition) is 2. The van der Waals surface area contributed by atoms with Gasteiger partial charge in [0.2, 0.25) is 0 Å². The Hall–Kier alpha value is -0.860. The summed E-state index contributed by atoms with van der Waals surface area (Å²) in [6, 6.07) is 9.84.